The summed E-state index contributed by atoms with van der Waals surface area (Å²) in [6.07, 6.45) is 0. The van der Waals surface area contributed by atoms with Crippen LogP contribution in [-0.4, -0.2) is 11.8 Å². The van der Waals surface area contributed by atoms with Crippen LogP contribution in [0, 0.1) is 12.7 Å². The third-order valence-electron chi connectivity index (χ3n) is 3.95. The number of ether oxygens (including phenoxy) is 1. The van der Waals surface area contributed by atoms with Crippen molar-refractivity contribution in [3.8, 4) is 11.5 Å². The van der Waals surface area contributed by atoms with Crippen molar-refractivity contribution in [3.05, 3.63) is 88.2 Å². The molecule has 0 aliphatic rings. The maximum Gasteiger partial charge on any atom is 0.259 e. The average Bonchev–Trinajstić information content (AvgIpc) is 2.65. The van der Waals surface area contributed by atoms with Gasteiger partial charge in [0.1, 0.15) is 17.3 Å². The Morgan fingerprint density at radius 2 is 1.79 bits per heavy atom. The van der Waals surface area contributed by atoms with Gasteiger partial charge in [-0.2, -0.15) is 0 Å². The summed E-state index contributed by atoms with van der Waals surface area (Å²) in [5.41, 5.74) is 6.68. The highest BCUT2D eigenvalue weighted by atomic mass is 35.5. The van der Waals surface area contributed by atoms with Crippen molar-refractivity contribution >= 4 is 29.1 Å². The molecule has 7 heteroatoms. The van der Waals surface area contributed by atoms with E-state index in [-0.39, 0.29) is 22.7 Å². The second kappa shape index (κ2) is 8.10. The number of benzene rings is 3. The first kappa shape index (κ1) is 19.4. The van der Waals surface area contributed by atoms with Gasteiger partial charge in [0.05, 0.1) is 5.56 Å². The SMILES string of the molecule is Cc1cc(F)ccc1Oc1ccc(Cl)cc1C(=O)Nc1cccc(C(N)=O)c1. The Balaban J connectivity index is 1.90. The first-order valence-electron chi connectivity index (χ1n) is 8.28. The van der Waals surface area contributed by atoms with E-state index in [1.165, 1.54) is 30.3 Å². The van der Waals surface area contributed by atoms with E-state index >= 15 is 0 Å². The predicted molar refractivity (Wildman–Crippen MR) is 106 cm³/mol. The zero-order chi connectivity index (χ0) is 20.3. The summed E-state index contributed by atoms with van der Waals surface area (Å²) >= 11 is 6.04. The van der Waals surface area contributed by atoms with Crippen LogP contribution in [0.15, 0.2) is 60.7 Å². The van der Waals surface area contributed by atoms with E-state index in [4.69, 9.17) is 22.1 Å². The lowest BCUT2D eigenvalue weighted by Crippen LogP contribution is -2.15. The molecule has 0 heterocycles. The van der Waals surface area contributed by atoms with E-state index in [1.54, 1.807) is 37.3 Å². The maximum atomic E-state index is 13.3. The Morgan fingerprint density at radius 3 is 2.50 bits per heavy atom. The minimum Gasteiger partial charge on any atom is -0.456 e. The molecule has 0 aliphatic carbocycles. The molecule has 0 spiro atoms. The molecule has 3 N–H and O–H groups in total. The normalized spacial score (nSPS) is 10.4. The largest absolute Gasteiger partial charge is 0.456 e. The molecule has 0 aliphatic heterocycles. The van der Waals surface area contributed by atoms with Gasteiger partial charge in [0, 0.05) is 16.3 Å². The molecule has 2 amide bonds. The van der Waals surface area contributed by atoms with Crippen molar-refractivity contribution in [1.29, 1.82) is 0 Å². The van der Waals surface area contributed by atoms with Gasteiger partial charge in [-0.3, -0.25) is 9.59 Å². The van der Waals surface area contributed by atoms with Gasteiger partial charge < -0.3 is 15.8 Å². The van der Waals surface area contributed by atoms with Crippen LogP contribution in [0.1, 0.15) is 26.3 Å². The Kier molecular flexibility index (Phi) is 5.61. The van der Waals surface area contributed by atoms with Crippen molar-refractivity contribution < 1.29 is 18.7 Å². The fraction of sp³-hybridized carbons (Fsp3) is 0.0476. The maximum absolute atomic E-state index is 13.3. The van der Waals surface area contributed by atoms with Gasteiger partial charge in [-0.15, -0.1) is 0 Å². The molecule has 0 saturated carbocycles. The second-order valence-electron chi connectivity index (χ2n) is 6.05. The summed E-state index contributed by atoms with van der Waals surface area (Å²) in [5.74, 6) is -0.807. The lowest BCUT2D eigenvalue weighted by atomic mass is 10.1. The molecule has 0 bridgehead atoms. The summed E-state index contributed by atoms with van der Waals surface area (Å²) < 4.78 is 19.1. The second-order valence-corrected chi connectivity index (χ2v) is 6.49. The van der Waals surface area contributed by atoms with Crippen molar-refractivity contribution in [3.63, 3.8) is 0 Å². The molecule has 0 unspecified atom stereocenters. The summed E-state index contributed by atoms with van der Waals surface area (Å²) in [6, 6.07) is 14.9. The van der Waals surface area contributed by atoms with E-state index in [0.717, 1.165) is 0 Å². The van der Waals surface area contributed by atoms with E-state index in [2.05, 4.69) is 5.32 Å². The van der Waals surface area contributed by atoms with Crippen molar-refractivity contribution in [2.45, 2.75) is 6.92 Å². The minimum absolute atomic E-state index is 0.181. The topological polar surface area (TPSA) is 81.4 Å². The first-order chi connectivity index (χ1) is 13.3. The molecule has 0 radical (unpaired) electrons. The fourth-order valence-corrected chi connectivity index (χ4v) is 2.74. The third-order valence-corrected chi connectivity index (χ3v) is 4.18. The van der Waals surface area contributed by atoms with Gasteiger partial charge in [0.2, 0.25) is 5.91 Å². The van der Waals surface area contributed by atoms with Gasteiger partial charge in [-0.05, 0) is 67.1 Å². The van der Waals surface area contributed by atoms with Crippen LogP contribution in [0.5, 0.6) is 11.5 Å². The number of anilines is 1. The summed E-state index contributed by atoms with van der Waals surface area (Å²) in [6.45, 7) is 1.70. The minimum atomic E-state index is -0.602. The molecule has 0 atom stereocenters. The Labute approximate surface area is 165 Å². The number of nitrogens with two attached hydrogens (primary N) is 1. The van der Waals surface area contributed by atoms with Gasteiger partial charge in [-0.1, -0.05) is 17.7 Å². The summed E-state index contributed by atoms with van der Waals surface area (Å²) in [7, 11) is 0. The lowest BCUT2D eigenvalue weighted by molar-refractivity contribution is 0.0995. The van der Waals surface area contributed by atoms with Crippen molar-refractivity contribution in [2.75, 3.05) is 5.32 Å². The molecule has 3 rings (SSSR count). The molecule has 0 fully saturated rings. The highest BCUT2D eigenvalue weighted by Crippen LogP contribution is 2.31. The molecular formula is C21H16ClFN2O3. The van der Waals surface area contributed by atoms with Crippen LogP contribution in [0.2, 0.25) is 5.02 Å². The van der Waals surface area contributed by atoms with Crippen molar-refractivity contribution in [1.82, 2.24) is 0 Å². The van der Waals surface area contributed by atoms with Crippen molar-refractivity contribution in [2.24, 2.45) is 5.73 Å². The average molecular weight is 399 g/mol. The predicted octanol–water partition coefficient (Wildman–Crippen LogP) is 4.93. The fourth-order valence-electron chi connectivity index (χ4n) is 2.56. The van der Waals surface area contributed by atoms with Gasteiger partial charge in [0.25, 0.3) is 5.91 Å². The molecule has 3 aromatic carbocycles. The van der Waals surface area contributed by atoms with E-state index in [1.807, 2.05) is 0 Å². The molecule has 0 aromatic heterocycles. The highest BCUT2D eigenvalue weighted by Gasteiger charge is 2.16. The first-order valence-corrected chi connectivity index (χ1v) is 8.66. The molecular weight excluding hydrogens is 383 g/mol. The van der Waals surface area contributed by atoms with Gasteiger partial charge in [0.15, 0.2) is 0 Å². The van der Waals surface area contributed by atoms with Gasteiger partial charge >= 0.3 is 0 Å². The van der Waals surface area contributed by atoms with Gasteiger partial charge in [-0.25, -0.2) is 4.39 Å². The van der Waals surface area contributed by atoms with E-state index in [9.17, 15) is 14.0 Å². The van der Waals surface area contributed by atoms with E-state index in [0.29, 0.717) is 22.0 Å². The molecule has 142 valence electrons. The number of aryl methyl sites for hydroxylation is 1. The number of amides is 2. The Hall–Kier alpha value is -3.38. The Bertz CT molecular complexity index is 1070. The van der Waals surface area contributed by atoms with Crippen LogP contribution in [0.4, 0.5) is 10.1 Å². The smallest absolute Gasteiger partial charge is 0.259 e. The number of primary amides is 1. The van der Waals surface area contributed by atoms with Crippen LogP contribution in [0.25, 0.3) is 0 Å². The quantitative estimate of drug-likeness (QED) is 0.639. The molecule has 3 aromatic rings. The standard InChI is InChI=1S/C21H16ClFN2O3/c1-12-9-15(23)6-8-18(12)28-19-7-5-14(22)11-17(19)21(27)25-16-4-2-3-13(10-16)20(24)26/h2-11H,1H3,(H2,24,26)(H,25,27). The number of rotatable bonds is 5. The Morgan fingerprint density at radius 1 is 1.04 bits per heavy atom. The number of nitrogens with one attached hydrogen (secondary N) is 1. The zero-order valence-corrected chi connectivity index (χ0v) is 15.6. The number of carbonyl (C=O) groups is 2. The van der Waals surface area contributed by atoms with Crippen LogP contribution in [-0.2, 0) is 0 Å². The molecule has 0 saturated heterocycles. The summed E-state index contributed by atoms with van der Waals surface area (Å²) in [4.78, 5) is 24.1. The lowest BCUT2D eigenvalue weighted by Gasteiger charge is -2.14. The van der Waals surface area contributed by atoms with E-state index < -0.39 is 11.8 Å². The monoisotopic (exact) mass is 398 g/mol. The number of hydrogen-bond donors (Lipinski definition) is 2. The highest BCUT2D eigenvalue weighted by molar-refractivity contribution is 6.31. The molecule has 28 heavy (non-hydrogen) atoms. The number of hydrogen-bond acceptors (Lipinski definition) is 3. The van der Waals surface area contributed by atoms with Crippen LogP contribution < -0.4 is 15.8 Å². The summed E-state index contributed by atoms with van der Waals surface area (Å²) in [5, 5.41) is 3.03. The molecule has 5 nitrogen and oxygen atoms in total. The van der Waals surface area contributed by atoms with Crippen LogP contribution >= 0.6 is 11.6 Å². The van der Waals surface area contributed by atoms with Crippen LogP contribution in [0.3, 0.4) is 0 Å². The third kappa shape index (κ3) is 4.47. The zero-order valence-electron chi connectivity index (χ0n) is 14.8. The number of halogens is 2. The number of carbonyl (C=O) groups excluding carboxylic acids is 2.